The number of H-pyrrole nitrogens is 2. The molecule has 0 radical (unpaired) electrons. The van der Waals surface area contributed by atoms with Crippen LogP contribution in [0.4, 0.5) is 0 Å². The van der Waals surface area contributed by atoms with E-state index in [0.29, 0.717) is 0 Å². The maximum atomic E-state index is 3.46. The van der Waals surface area contributed by atoms with Gasteiger partial charge < -0.3 is 9.97 Å². The van der Waals surface area contributed by atoms with E-state index in [9.17, 15) is 0 Å². The summed E-state index contributed by atoms with van der Waals surface area (Å²) < 4.78 is 0. The lowest BCUT2D eigenvalue weighted by Crippen LogP contribution is -1.98. The summed E-state index contributed by atoms with van der Waals surface area (Å²) in [7, 11) is 0. The summed E-state index contributed by atoms with van der Waals surface area (Å²) >= 11 is 0. The number of aromatic amines is 2. The highest BCUT2D eigenvalue weighted by atomic mass is 14.7. The molecule has 142 valence electrons. The molecular formula is C26H28N2. The third kappa shape index (κ3) is 3.68. The Balaban J connectivity index is 1.80. The summed E-state index contributed by atoms with van der Waals surface area (Å²) in [6, 6.07) is 17.2. The first-order valence-electron chi connectivity index (χ1n) is 10.1. The lowest BCUT2D eigenvalue weighted by atomic mass is 9.88. The van der Waals surface area contributed by atoms with Crippen LogP contribution in [0.15, 0.2) is 84.2 Å². The maximum Gasteiger partial charge on any atom is 0.0457 e. The number of allylic oxidation sites excluding steroid dienone is 4. The number of hydrogen-bond donors (Lipinski definition) is 2. The molecule has 2 N–H and O–H groups in total. The van der Waals surface area contributed by atoms with Crippen LogP contribution in [0.1, 0.15) is 50.7 Å². The van der Waals surface area contributed by atoms with Crippen LogP contribution in [0.5, 0.6) is 0 Å². The van der Waals surface area contributed by atoms with E-state index >= 15 is 0 Å². The van der Waals surface area contributed by atoms with Crippen molar-refractivity contribution in [2.24, 2.45) is 0 Å². The summed E-state index contributed by atoms with van der Waals surface area (Å²) in [5, 5.41) is 2.59. The first kappa shape index (κ1) is 18.4. The minimum atomic E-state index is 0.221. The number of benzene rings is 2. The highest BCUT2D eigenvalue weighted by Gasteiger charge is 2.19. The number of aromatic nitrogens is 2. The smallest absolute Gasteiger partial charge is 0.0457 e. The zero-order chi connectivity index (χ0) is 19.5. The third-order valence-electron chi connectivity index (χ3n) is 5.46. The predicted octanol–water partition coefficient (Wildman–Crippen LogP) is 7.47. The first-order chi connectivity index (χ1) is 13.6. The van der Waals surface area contributed by atoms with Gasteiger partial charge in [0, 0.05) is 40.1 Å². The third-order valence-corrected chi connectivity index (χ3v) is 5.46. The van der Waals surface area contributed by atoms with Gasteiger partial charge in [-0.2, -0.15) is 0 Å². The molecule has 4 aromatic rings. The first-order valence-corrected chi connectivity index (χ1v) is 10.1. The van der Waals surface area contributed by atoms with Gasteiger partial charge in [0.1, 0.15) is 0 Å². The van der Waals surface area contributed by atoms with Gasteiger partial charge in [0.05, 0.1) is 0 Å². The number of hydrogen-bond acceptors (Lipinski definition) is 0. The Labute approximate surface area is 167 Å². The predicted molar refractivity (Wildman–Crippen MR) is 121 cm³/mol. The van der Waals surface area contributed by atoms with Crippen LogP contribution in [-0.4, -0.2) is 9.97 Å². The van der Waals surface area contributed by atoms with Crippen LogP contribution < -0.4 is 0 Å². The molecule has 0 amide bonds. The minimum Gasteiger partial charge on any atom is -0.361 e. The molecule has 0 atom stereocenters. The van der Waals surface area contributed by atoms with Crippen molar-refractivity contribution in [2.45, 2.75) is 39.5 Å². The van der Waals surface area contributed by atoms with E-state index in [2.05, 4.69) is 104 Å². The van der Waals surface area contributed by atoms with Gasteiger partial charge in [-0.25, -0.2) is 0 Å². The lowest BCUT2D eigenvalue weighted by molar-refractivity contribution is 0.932. The molecule has 0 aliphatic rings. The number of rotatable bonds is 6. The molecule has 2 heteroatoms. The molecule has 0 bridgehead atoms. The quantitative estimate of drug-likeness (QED) is 0.331. The molecule has 0 saturated heterocycles. The van der Waals surface area contributed by atoms with Gasteiger partial charge in [-0.1, -0.05) is 59.7 Å². The summed E-state index contributed by atoms with van der Waals surface area (Å²) in [6.07, 6.45) is 11.3. The van der Waals surface area contributed by atoms with Crippen LogP contribution in [0.3, 0.4) is 0 Å². The zero-order valence-electron chi connectivity index (χ0n) is 16.9. The largest absolute Gasteiger partial charge is 0.361 e. The lowest BCUT2D eigenvalue weighted by Gasteiger charge is -2.14. The van der Waals surface area contributed by atoms with E-state index in [4.69, 9.17) is 0 Å². The molecule has 0 unspecified atom stereocenters. The average Bonchev–Trinajstić information content (AvgIpc) is 3.30. The number of fused-ring (bicyclic) bond motifs is 2. The Morgan fingerprint density at radius 2 is 1.36 bits per heavy atom. The van der Waals surface area contributed by atoms with E-state index in [1.807, 2.05) is 0 Å². The summed E-state index contributed by atoms with van der Waals surface area (Å²) in [5.41, 5.74) is 7.87. The van der Waals surface area contributed by atoms with Crippen LogP contribution in [0.2, 0.25) is 0 Å². The van der Waals surface area contributed by atoms with Crippen molar-refractivity contribution in [1.82, 2.24) is 9.97 Å². The molecule has 2 heterocycles. The highest BCUT2D eigenvalue weighted by molar-refractivity contribution is 5.88. The normalized spacial score (nSPS) is 12.2. The summed E-state index contributed by atoms with van der Waals surface area (Å²) in [6.45, 7) is 6.59. The summed E-state index contributed by atoms with van der Waals surface area (Å²) in [5.74, 6) is 0.221. The fourth-order valence-corrected chi connectivity index (χ4v) is 4.01. The second-order valence-electron chi connectivity index (χ2n) is 7.89. The molecule has 2 aromatic carbocycles. The number of para-hydroxylation sites is 2. The molecule has 2 aromatic heterocycles. The van der Waals surface area contributed by atoms with Crippen LogP contribution >= 0.6 is 0 Å². The van der Waals surface area contributed by atoms with Gasteiger partial charge in [-0.3, -0.25) is 0 Å². The molecule has 0 aliphatic heterocycles. The molecule has 4 rings (SSSR count). The van der Waals surface area contributed by atoms with Crippen molar-refractivity contribution in [3.05, 3.63) is 95.3 Å². The SMILES string of the molecule is CC(C)=CCC/C(C)=C\C(c1c[nH]c2ccccc12)c1c[nH]c2ccccc12. The van der Waals surface area contributed by atoms with Gasteiger partial charge in [0.25, 0.3) is 0 Å². The van der Waals surface area contributed by atoms with Gasteiger partial charge in [0.15, 0.2) is 0 Å². The Bertz CT molecular complexity index is 1080. The fourth-order valence-electron chi connectivity index (χ4n) is 4.01. The molecule has 0 saturated carbocycles. The number of nitrogens with one attached hydrogen (secondary N) is 2. The van der Waals surface area contributed by atoms with E-state index in [1.54, 1.807) is 0 Å². The zero-order valence-corrected chi connectivity index (χ0v) is 16.9. The summed E-state index contributed by atoms with van der Waals surface area (Å²) in [4.78, 5) is 6.92. The molecular weight excluding hydrogens is 340 g/mol. The second kappa shape index (κ2) is 7.93. The van der Waals surface area contributed by atoms with Crippen molar-refractivity contribution >= 4 is 21.8 Å². The van der Waals surface area contributed by atoms with Gasteiger partial charge in [-0.05, 0) is 56.9 Å². The van der Waals surface area contributed by atoms with E-state index < -0.39 is 0 Å². The van der Waals surface area contributed by atoms with Crippen LogP contribution in [0.25, 0.3) is 21.8 Å². The molecule has 0 aliphatic carbocycles. The fraction of sp³-hybridized carbons (Fsp3) is 0.231. The van der Waals surface area contributed by atoms with Gasteiger partial charge in [0.2, 0.25) is 0 Å². The Morgan fingerprint density at radius 1 is 0.821 bits per heavy atom. The standard InChI is InChI=1S/C26H28N2/c1-18(2)9-8-10-19(3)15-22(23-16-27-25-13-6-4-11-20(23)25)24-17-28-26-14-7-5-12-21(24)26/h4-7,9,11-17,22,27-28H,8,10H2,1-3H3/b19-15-. The van der Waals surface area contributed by atoms with E-state index in [-0.39, 0.29) is 5.92 Å². The van der Waals surface area contributed by atoms with Crippen molar-refractivity contribution < 1.29 is 0 Å². The molecule has 0 fully saturated rings. The molecule has 28 heavy (non-hydrogen) atoms. The average molecular weight is 369 g/mol. The van der Waals surface area contributed by atoms with Crippen LogP contribution in [0, 0.1) is 0 Å². The van der Waals surface area contributed by atoms with Gasteiger partial charge in [-0.15, -0.1) is 0 Å². The van der Waals surface area contributed by atoms with Crippen molar-refractivity contribution in [1.29, 1.82) is 0 Å². The topological polar surface area (TPSA) is 31.6 Å². The van der Waals surface area contributed by atoms with Gasteiger partial charge >= 0.3 is 0 Å². The monoisotopic (exact) mass is 368 g/mol. The van der Waals surface area contributed by atoms with Crippen LogP contribution in [-0.2, 0) is 0 Å². The Hall–Kier alpha value is -3.00. The Morgan fingerprint density at radius 3 is 1.89 bits per heavy atom. The molecule has 0 spiro atoms. The van der Waals surface area contributed by atoms with Crippen molar-refractivity contribution in [3.8, 4) is 0 Å². The second-order valence-corrected chi connectivity index (χ2v) is 7.89. The van der Waals surface area contributed by atoms with E-state index in [0.717, 1.165) is 12.8 Å². The molecule has 2 nitrogen and oxygen atoms in total. The minimum absolute atomic E-state index is 0.221. The Kier molecular flexibility index (Phi) is 5.21. The van der Waals surface area contributed by atoms with E-state index in [1.165, 1.54) is 44.1 Å². The maximum absolute atomic E-state index is 3.46. The highest BCUT2D eigenvalue weighted by Crippen LogP contribution is 2.36. The van der Waals surface area contributed by atoms with Crippen molar-refractivity contribution in [2.75, 3.05) is 0 Å². The van der Waals surface area contributed by atoms with Crippen molar-refractivity contribution in [3.63, 3.8) is 0 Å².